The molecule has 0 N–H and O–H groups in total. The number of aromatic nitrogens is 3. The Labute approximate surface area is 107 Å². The van der Waals surface area contributed by atoms with E-state index in [9.17, 15) is 10.1 Å². The zero-order chi connectivity index (χ0) is 12.7. The van der Waals surface area contributed by atoms with Gasteiger partial charge in [0.1, 0.15) is 5.15 Å². The van der Waals surface area contributed by atoms with E-state index in [1.165, 1.54) is 16.8 Å². The Hall–Kier alpha value is -1.95. The normalized spacial score (nSPS) is 14.7. The maximum Gasteiger partial charge on any atom is 0.313 e. The molecule has 6 nitrogen and oxygen atoms in total. The summed E-state index contributed by atoms with van der Waals surface area (Å²) in [6.45, 7) is 0. The number of rotatable bonds is 3. The van der Waals surface area contributed by atoms with Crippen molar-refractivity contribution in [3.63, 3.8) is 0 Å². The number of halogens is 1. The fourth-order valence-electron chi connectivity index (χ4n) is 1.78. The van der Waals surface area contributed by atoms with Gasteiger partial charge in [-0.2, -0.15) is 5.10 Å². The lowest BCUT2D eigenvalue weighted by atomic mass is 10.3. The van der Waals surface area contributed by atoms with Crippen molar-refractivity contribution in [2.24, 2.45) is 0 Å². The molecule has 3 rings (SSSR count). The van der Waals surface area contributed by atoms with Gasteiger partial charge in [0.15, 0.2) is 0 Å². The summed E-state index contributed by atoms with van der Waals surface area (Å²) in [7, 11) is 0. The van der Waals surface area contributed by atoms with E-state index in [1.807, 2.05) is 6.07 Å². The third-order valence-electron chi connectivity index (χ3n) is 2.84. The van der Waals surface area contributed by atoms with Gasteiger partial charge < -0.3 is 0 Å². The van der Waals surface area contributed by atoms with Gasteiger partial charge in [-0.3, -0.25) is 10.1 Å². The highest BCUT2D eigenvalue weighted by atomic mass is 35.5. The standard InChI is InChI=1S/C11H9ClN4O2/c12-10-4-3-9(16(17)18)11(13-10)15-6-5-8(14-15)7-1-2-7/h3-7H,1-2H2. The zero-order valence-electron chi connectivity index (χ0n) is 9.28. The van der Waals surface area contributed by atoms with Crippen molar-refractivity contribution in [1.82, 2.24) is 14.8 Å². The van der Waals surface area contributed by atoms with Crippen molar-refractivity contribution in [2.45, 2.75) is 18.8 Å². The molecule has 1 aliphatic carbocycles. The van der Waals surface area contributed by atoms with Crippen molar-refractivity contribution in [3.05, 3.63) is 45.4 Å². The molecular weight excluding hydrogens is 256 g/mol. The fourth-order valence-corrected chi connectivity index (χ4v) is 1.92. The monoisotopic (exact) mass is 264 g/mol. The lowest BCUT2D eigenvalue weighted by Gasteiger charge is -2.02. The van der Waals surface area contributed by atoms with E-state index >= 15 is 0 Å². The van der Waals surface area contributed by atoms with Gasteiger partial charge in [0, 0.05) is 18.2 Å². The average Bonchev–Trinajstić information content (AvgIpc) is 3.07. The van der Waals surface area contributed by atoms with Gasteiger partial charge in [-0.25, -0.2) is 9.67 Å². The zero-order valence-corrected chi connectivity index (χ0v) is 10.0. The van der Waals surface area contributed by atoms with Crippen molar-refractivity contribution in [1.29, 1.82) is 0 Å². The van der Waals surface area contributed by atoms with Gasteiger partial charge in [-0.15, -0.1) is 0 Å². The van der Waals surface area contributed by atoms with E-state index in [1.54, 1.807) is 6.20 Å². The average molecular weight is 265 g/mol. The summed E-state index contributed by atoms with van der Waals surface area (Å²) in [5.41, 5.74) is 0.843. The first-order valence-corrected chi connectivity index (χ1v) is 5.90. The maximum absolute atomic E-state index is 10.9. The molecule has 2 heterocycles. The molecule has 0 spiro atoms. The largest absolute Gasteiger partial charge is 0.313 e. The molecule has 0 aliphatic heterocycles. The Balaban J connectivity index is 2.07. The summed E-state index contributed by atoms with van der Waals surface area (Å²) in [5, 5.41) is 15.5. The first-order valence-electron chi connectivity index (χ1n) is 5.52. The molecule has 1 saturated carbocycles. The molecule has 18 heavy (non-hydrogen) atoms. The van der Waals surface area contributed by atoms with E-state index < -0.39 is 4.92 Å². The Morgan fingerprint density at radius 1 is 1.39 bits per heavy atom. The van der Waals surface area contributed by atoms with E-state index in [2.05, 4.69) is 10.1 Å². The van der Waals surface area contributed by atoms with Gasteiger partial charge in [0.25, 0.3) is 0 Å². The molecule has 2 aromatic rings. The summed E-state index contributed by atoms with van der Waals surface area (Å²) in [6, 6.07) is 4.60. The van der Waals surface area contributed by atoms with Crippen LogP contribution < -0.4 is 0 Å². The predicted molar refractivity (Wildman–Crippen MR) is 65.0 cm³/mol. The van der Waals surface area contributed by atoms with E-state index in [4.69, 9.17) is 11.6 Å². The van der Waals surface area contributed by atoms with Gasteiger partial charge in [0.05, 0.1) is 10.6 Å². The SMILES string of the molecule is O=[N+]([O-])c1ccc(Cl)nc1-n1ccc(C2CC2)n1. The smallest absolute Gasteiger partial charge is 0.258 e. The molecule has 7 heteroatoms. The van der Waals surface area contributed by atoms with Crippen LogP contribution in [0.25, 0.3) is 5.82 Å². The second-order valence-electron chi connectivity index (χ2n) is 4.19. The molecular formula is C11H9ClN4O2. The molecule has 0 aromatic carbocycles. The quantitative estimate of drug-likeness (QED) is 0.485. The van der Waals surface area contributed by atoms with Crippen LogP contribution in [-0.2, 0) is 0 Å². The van der Waals surface area contributed by atoms with Gasteiger partial charge in [-0.05, 0) is 25.0 Å². The summed E-state index contributed by atoms with van der Waals surface area (Å²) in [4.78, 5) is 14.4. The van der Waals surface area contributed by atoms with Crippen LogP contribution in [0.15, 0.2) is 24.4 Å². The van der Waals surface area contributed by atoms with Gasteiger partial charge >= 0.3 is 5.69 Å². The molecule has 0 atom stereocenters. The number of hydrogen-bond acceptors (Lipinski definition) is 4. The minimum Gasteiger partial charge on any atom is -0.258 e. The topological polar surface area (TPSA) is 73.8 Å². The molecule has 0 radical (unpaired) electrons. The second kappa shape index (κ2) is 4.06. The Bertz CT molecular complexity index is 621. The first-order chi connectivity index (χ1) is 8.65. The number of hydrogen-bond donors (Lipinski definition) is 0. The maximum atomic E-state index is 10.9. The lowest BCUT2D eigenvalue weighted by Crippen LogP contribution is -2.04. The second-order valence-corrected chi connectivity index (χ2v) is 4.58. The molecule has 0 saturated heterocycles. The number of nitrogens with zero attached hydrogens (tertiary/aromatic N) is 4. The number of nitro groups is 1. The van der Waals surface area contributed by atoms with Crippen LogP contribution in [-0.4, -0.2) is 19.7 Å². The van der Waals surface area contributed by atoms with Gasteiger partial charge in [-0.1, -0.05) is 11.6 Å². The Morgan fingerprint density at radius 3 is 2.83 bits per heavy atom. The van der Waals surface area contributed by atoms with Crippen LogP contribution in [0.1, 0.15) is 24.5 Å². The molecule has 0 unspecified atom stereocenters. The molecule has 0 bridgehead atoms. The van der Waals surface area contributed by atoms with Gasteiger partial charge in [0.2, 0.25) is 5.82 Å². The fraction of sp³-hybridized carbons (Fsp3) is 0.273. The van der Waals surface area contributed by atoms with Crippen LogP contribution in [0.2, 0.25) is 5.15 Å². The van der Waals surface area contributed by atoms with Crippen LogP contribution in [0.3, 0.4) is 0 Å². The lowest BCUT2D eigenvalue weighted by molar-refractivity contribution is -0.384. The molecule has 92 valence electrons. The molecule has 1 fully saturated rings. The predicted octanol–water partition coefficient (Wildman–Crippen LogP) is 2.71. The third kappa shape index (κ3) is 1.95. The molecule has 0 amide bonds. The highest BCUT2D eigenvalue weighted by Gasteiger charge is 2.27. The number of pyridine rings is 1. The van der Waals surface area contributed by atoms with E-state index in [0.717, 1.165) is 18.5 Å². The summed E-state index contributed by atoms with van der Waals surface area (Å²) >= 11 is 5.78. The highest BCUT2D eigenvalue weighted by Crippen LogP contribution is 2.39. The summed E-state index contributed by atoms with van der Waals surface area (Å²) < 4.78 is 1.41. The summed E-state index contributed by atoms with van der Waals surface area (Å²) in [6.07, 6.45) is 3.93. The van der Waals surface area contributed by atoms with Crippen LogP contribution >= 0.6 is 11.6 Å². The van der Waals surface area contributed by atoms with E-state index in [0.29, 0.717) is 5.92 Å². The van der Waals surface area contributed by atoms with Crippen LogP contribution in [0, 0.1) is 10.1 Å². The minimum absolute atomic E-state index is 0.107. The molecule has 1 aliphatic rings. The van der Waals surface area contributed by atoms with Crippen LogP contribution in [0.4, 0.5) is 5.69 Å². The van der Waals surface area contributed by atoms with Crippen molar-refractivity contribution in [3.8, 4) is 5.82 Å². The summed E-state index contributed by atoms with van der Waals surface area (Å²) in [5.74, 6) is 0.642. The molecule has 2 aromatic heterocycles. The van der Waals surface area contributed by atoms with Crippen molar-refractivity contribution >= 4 is 17.3 Å². The first kappa shape index (κ1) is 11.2. The highest BCUT2D eigenvalue weighted by molar-refractivity contribution is 6.29. The third-order valence-corrected chi connectivity index (χ3v) is 3.05. The Morgan fingerprint density at radius 2 is 2.17 bits per heavy atom. The van der Waals surface area contributed by atoms with E-state index in [-0.39, 0.29) is 16.7 Å². The minimum atomic E-state index is -0.489. The van der Waals surface area contributed by atoms with Crippen molar-refractivity contribution < 1.29 is 4.92 Å². The van der Waals surface area contributed by atoms with Crippen molar-refractivity contribution in [2.75, 3.05) is 0 Å². The van der Waals surface area contributed by atoms with Crippen LogP contribution in [0.5, 0.6) is 0 Å². The Kier molecular flexibility index (Phi) is 2.52.